The molecule has 6 heteroatoms. The van der Waals surface area contributed by atoms with Crippen molar-refractivity contribution >= 4 is 22.2 Å². The van der Waals surface area contributed by atoms with E-state index in [1.807, 2.05) is 6.07 Å². The number of hydrogen-bond acceptors (Lipinski definition) is 4. The van der Waals surface area contributed by atoms with E-state index in [2.05, 4.69) is 29.2 Å². The Morgan fingerprint density at radius 1 is 1.00 bits per heavy atom. The van der Waals surface area contributed by atoms with Gasteiger partial charge in [-0.1, -0.05) is 30.3 Å². The zero-order valence-electron chi connectivity index (χ0n) is 14.8. The summed E-state index contributed by atoms with van der Waals surface area (Å²) in [5, 5.41) is 8.99. The van der Waals surface area contributed by atoms with Crippen LogP contribution in [-0.4, -0.2) is 43.3 Å². The summed E-state index contributed by atoms with van der Waals surface area (Å²) < 4.78 is 25.4. The van der Waals surface area contributed by atoms with Crippen molar-refractivity contribution in [1.82, 2.24) is 4.90 Å². The molecule has 1 aliphatic rings. The van der Waals surface area contributed by atoms with Crippen molar-refractivity contribution in [2.24, 2.45) is 0 Å². The largest absolute Gasteiger partial charge is 0.508 e. The molecule has 0 amide bonds. The van der Waals surface area contributed by atoms with E-state index in [4.69, 9.17) is 0 Å². The minimum Gasteiger partial charge on any atom is -0.508 e. The zero-order chi connectivity index (χ0) is 17.7. The Morgan fingerprint density at radius 3 is 2.38 bits per heavy atom. The van der Waals surface area contributed by atoms with Crippen LogP contribution in [0.4, 0.5) is 0 Å². The van der Waals surface area contributed by atoms with E-state index < -0.39 is 9.84 Å². The molecule has 1 aliphatic heterocycles. The Balaban J connectivity index is 0.00000243. The number of phenolic OH excluding ortho intramolecular Hbond substituents is 1. The molecule has 0 spiro atoms. The van der Waals surface area contributed by atoms with Gasteiger partial charge in [0.1, 0.15) is 5.75 Å². The van der Waals surface area contributed by atoms with Crippen LogP contribution in [0.5, 0.6) is 5.75 Å². The minimum absolute atomic E-state index is 0. The van der Waals surface area contributed by atoms with Crippen LogP contribution in [-0.2, 0) is 16.3 Å². The SMILES string of the molecule is Cl.O=S(=O)(c1ccc(O)cc1)C1CCN(CCCCc2ccccc2)C1. The van der Waals surface area contributed by atoms with Gasteiger partial charge in [0.25, 0.3) is 0 Å². The molecule has 1 unspecified atom stereocenters. The quantitative estimate of drug-likeness (QED) is 0.726. The van der Waals surface area contributed by atoms with Gasteiger partial charge in [0, 0.05) is 6.54 Å². The second-order valence-electron chi connectivity index (χ2n) is 6.69. The number of phenols is 1. The molecule has 2 aromatic rings. The Morgan fingerprint density at radius 2 is 1.69 bits per heavy atom. The highest BCUT2D eigenvalue weighted by Crippen LogP contribution is 2.25. The topological polar surface area (TPSA) is 57.6 Å². The van der Waals surface area contributed by atoms with Crippen molar-refractivity contribution in [2.75, 3.05) is 19.6 Å². The third-order valence-corrected chi connectivity index (χ3v) is 7.06. The van der Waals surface area contributed by atoms with Crippen molar-refractivity contribution in [3.8, 4) is 5.75 Å². The Bertz CT molecular complexity index is 778. The number of aromatic hydroxyl groups is 1. The van der Waals surface area contributed by atoms with Crippen LogP contribution < -0.4 is 0 Å². The Labute approximate surface area is 162 Å². The summed E-state index contributed by atoms with van der Waals surface area (Å²) in [4.78, 5) is 2.56. The second kappa shape index (κ2) is 9.40. The number of rotatable bonds is 7. The molecule has 1 saturated heterocycles. The number of likely N-dealkylation sites (tertiary alicyclic amines) is 1. The Kier molecular flexibility index (Phi) is 7.50. The summed E-state index contributed by atoms with van der Waals surface area (Å²) in [7, 11) is -3.31. The predicted molar refractivity (Wildman–Crippen MR) is 107 cm³/mol. The van der Waals surface area contributed by atoms with Gasteiger partial charge < -0.3 is 10.0 Å². The maximum Gasteiger partial charge on any atom is 0.182 e. The fourth-order valence-electron chi connectivity index (χ4n) is 3.39. The number of unbranched alkanes of at least 4 members (excludes halogenated alkanes) is 1. The van der Waals surface area contributed by atoms with Gasteiger partial charge in [0.2, 0.25) is 0 Å². The summed E-state index contributed by atoms with van der Waals surface area (Å²) in [5.41, 5.74) is 1.36. The first-order valence-electron chi connectivity index (χ1n) is 8.85. The van der Waals surface area contributed by atoms with Crippen LogP contribution in [0.1, 0.15) is 24.8 Å². The van der Waals surface area contributed by atoms with E-state index in [1.165, 1.54) is 29.8 Å². The lowest BCUT2D eigenvalue weighted by molar-refractivity contribution is 0.330. The first-order valence-corrected chi connectivity index (χ1v) is 10.4. The van der Waals surface area contributed by atoms with E-state index in [-0.39, 0.29) is 23.4 Å². The predicted octanol–water partition coefficient (Wildman–Crippen LogP) is 3.68. The number of hydrogen-bond donors (Lipinski definition) is 1. The van der Waals surface area contributed by atoms with Gasteiger partial charge in [-0.2, -0.15) is 0 Å². The molecule has 0 radical (unpaired) electrons. The van der Waals surface area contributed by atoms with Gasteiger partial charge in [0.15, 0.2) is 9.84 Å². The average molecular weight is 396 g/mol. The maximum atomic E-state index is 12.7. The molecule has 0 aliphatic carbocycles. The smallest absolute Gasteiger partial charge is 0.182 e. The summed E-state index contributed by atoms with van der Waals surface area (Å²) in [5.74, 6) is 0.0883. The van der Waals surface area contributed by atoms with Gasteiger partial charge in [0.05, 0.1) is 10.1 Å². The van der Waals surface area contributed by atoms with Crippen LogP contribution in [0.25, 0.3) is 0 Å². The minimum atomic E-state index is -3.31. The molecular formula is C20H26ClNO3S. The lowest BCUT2D eigenvalue weighted by Gasteiger charge is -2.16. The van der Waals surface area contributed by atoms with E-state index in [9.17, 15) is 13.5 Å². The number of nitrogens with zero attached hydrogens (tertiary/aromatic N) is 1. The van der Waals surface area contributed by atoms with E-state index >= 15 is 0 Å². The highest BCUT2D eigenvalue weighted by molar-refractivity contribution is 7.92. The van der Waals surface area contributed by atoms with Crippen molar-refractivity contribution in [1.29, 1.82) is 0 Å². The number of benzene rings is 2. The van der Waals surface area contributed by atoms with E-state index in [0.29, 0.717) is 17.9 Å². The summed E-state index contributed by atoms with van der Waals surface area (Å²) in [6.07, 6.45) is 3.96. The molecular weight excluding hydrogens is 370 g/mol. The molecule has 3 rings (SSSR count). The van der Waals surface area contributed by atoms with Crippen LogP contribution >= 0.6 is 12.4 Å². The second-order valence-corrected chi connectivity index (χ2v) is 8.92. The van der Waals surface area contributed by atoms with Crippen LogP contribution in [0, 0.1) is 0 Å². The fraction of sp³-hybridized carbons (Fsp3) is 0.400. The Hall–Kier alpha value is -1.56. The van der Waals surface area contributed by atoms with Crippen LogP contribution in [0.2, 0.25) is 0 Å². The summed E-state index contributed by atoms with van der Waals surface area (Å²) >= 11 is 0. The van der Waals surface area contributed by atoms with Gasteiger partial charge >= 0.3 is 0 Å². The molecule has 0 saturated carbocycles. The zero-order valence-corrected chi connectivity index (χ0v) is 16.4. The molecule has 1 N–H and O–H groups in total. The van der Waals surface area contributed by atoms with Crippen molar-refractivity contribution in [3.63, 3.8) is 0 Å². The third-order valence-electron chi connectivity index (χ3n) is 4.87. The lowest BCUT2D eigenvalue weighted by Crippen LogP contribution is -2.27. The van der Waals surface area contributed by atoms with Gasteiger partial charge in [-0.25, -0.2) is 8.42 Å². The third kappa shape index (κ3) is 5.22. The van der Waals surface area contributed by atoms with Crippen molar-refractivity contribution < 1.29 is 13.5 Å². The van der Waals surface area contributed by atoms with Gasteiger partial charge in [-0.05, 0) is 68.6 Å². The molecule has 142 valence electrons. The van der Waals surface area contributed by atoms with E-state index in [1.54, 1.807) is 0 Å². The summed E-state index contributed by atoms with van der Waals surface area (Å²) in [6, 6.07) is 16.3. The molecule has 1 fully saturated rings. The first kappa shape index (κ1) is 20.7. The fourth-order valence-corrected chi connectivity index (χ4v) is 5.11. The molecule has 1 heterocycles. The number of aryl methyl sites for hydroxylation is 1. The van der Waals surface area contributed by atoms with E-state index in [0.717, 1.165) is 32.4 Å². The summed E-state index contributed by atoms with van der Waals surface area (Å²) in [6.45, 7) is 2.40. The molecule has 1 atom stereocenters. The number of halogens is 1. The lowest BCUT2D eigenvalue weighted by atomic mass is 10.1. The number of sulfone groups is 1. The van der Waals surface area contributed by atoms with Crippen LogP contribution in [0.3, 0.4) is 0 Å². The molecule has 0 aromatic heterocycles. The molecule has 4 nitrogen and oxygen atoms in total. The monoisotopic (exact) mass is 395 g/mol. The molecule has 26 heavy (non-hydrogen) atoms. The van der Waals surface area contributed by atoms with Crippen molar-refractivity contribution in [2.45, 2.75) is 35.8 Å². The van der Waals surface area contributed by atoms with Gasteiger partial charge in [-0.15, -0.1) is 12.4 Å². The van der Waals surface area contributed by atoms with Crippen molar-refractivity contribution in [3.05, 3.63) is 60.2 Å². The normalized spacial score (nSPS) is 17.8. The average Bonchev–Trinajstić information content (AvgIpc) is 3.10. The maximum absolute atomic E-state index is 12.7. The first-order chi connectivity index (χ1) is 12.1. The molecule has 0 bridgehead atoms. The van der Waals surface area contributed by atoms with Gasteiger partial charge in [-0.3, -0.25) is 0 Å². The highest BCUT2D eigenvalue weighted by Gasteiger charge is 2.33. The van der Waals surface area contributed by atoms with Crippen LogP contribution in [0.15, 0.2) is 59.5 Å². The molecule has 2 aromatic carbocycles. The standard InChI is InChI=1S/C20H25NO3S.ClH/c22-18-9-11-19(12-10-18)25(23,24)20-13-15-21(16-20)14-5-4-8-17-6-2-1-3-7-17;/h1-3,6-7,9-12,20,22H,4-5,8,13-16H2;1H. The highest BCUT2D eigenvalue weighted by atomic mass is 35.5.